The van der Waals surface area contributed by atoms with E-state index in [1.165, 1.54) is 0 Å². The number of ether oxygens (including phenoxy) is 1. The van der Waals surface area contributed by atoms with Gasteiger partial charge in [0.25, 0.3) is 5.91 Å². The molecule has 0 aliphatic heterocycles. The van der Waals surface area contributed by atoms with Crippen molar-refractivity contribution in [2.24, 2.45) is 0 Å². The van der Waals surface area contributed by atoms with Gasteiger partial charge in [0.2, 0.25) is 5.91 Å². The Morgan fingerprint density at radius 3 is 2.41 bits per heavy atom. The Labute approximate surface area is 168 Å². The highest BCUT2D eigenvalue weighted by Gasteiger charge is 2.12. The highest BCUT2D eigenvalue weighted by Crippen LogP contribution is 2.18. The zero-order valence-electron chi connectivity index (χ0n) is 15.7. The zero-order chi connectivity index (χ0) is 19.6. The summed E-state index contributed by atoms with van der Waals surface area (Å²) in [5.41, 5.74) is 1.31. The fourth-order valence-electron chi connectivity index (χ4n) is 2.59. The van der Waals surface area contributed by atoms with E-state index in [0.29, 0.717) is 43.8 Å². The second kappa shape index (κ2) is 10.7. The quantitative estimate of drug-likeness (QED) is 0.582. The summed E-state index contributed by atoms with van der Waals surface area (Å²) < 4.78 is 6.58. The van der Waals surface area contributed by atoms with Crippen LogP contribution in [0.2, 0.25) is 0 Å². The third-order valence-corrected chi connectivity index (χ3v) is 4.57. The van der Waals surface area contributed by atoms with Gasteiger partial charge < -0.3 is 15.0 Å². The number of rotatable bonds is 9. The van der Waals surface area contributed by atoms with E-state index in [1.807, 2.05) is 38.1 Å². The van der Waals surface area contributed by atoms with E-state index in [9.17, 15) is 9.59 Å². The van der Waals surface area contributed by atoms with Crippen LogP contribution in [0.25, 0.3) is 0 Å². The smallest absolute Gasteiger partial charge is 0.253 e. The van der Waals surface area contributed by atoms with E-state index in [-0.39, 0.29) is 11.8 Å². The van der Waals surface area contributed by atoms with Gasteiger partial charge in [-0.05, 0) is 62.7 Å². The van der Waals surface area contributed by atoms with Gasteiger partial charge in [0.15, 0.2) is 0 Å². The van der Waals surface area contributed by atoms with Crippen LogP contribution >= 0.6 is 15.9 Å². The van der Waals surface area contributed by atoms with E-state index in [1.54, 1.807) is 29.2 Å². The lowest BCUT2D eigenvalue weighted by Crippen LogP contribution is -2.30. The zero-order valence-corrected chi connectivity index (χ0v) is 17.3. The topological polar surface area (TPSA) is 58.6 Å². The predicted octanol–water partition coefficient (Wildman–Crippen LogP) is 4.73. The molecule has 2 amide bonds. The molecule has 2 rings (SSSR count). The Balaban J connectivity index is 1.76. The molecular formula is C21H25BrN2O3. The van der Waals surface area contributed by atoms with Crippen LogP contribution in [0, 0.1) is 0 Å². The number of nitrogens with zero attached hydrogens (tertiary/aromatic N) is 1. The Bertz CT molecular complexity index is 758. The van der Waals surface area contributed by atoms with Crippen LogP contribution in [0.15, 0.2) is 53.0 Å². The number of hydrogen-bond acceptors (Lipinski definition) is 3. The third kappa shape index (κ3) is 6.71. The van der Waals surface area contributed by atoms with Gasteiger partial charge in [-0.1, -0.05) is 22.0 Å². The maximum absolute atomic E-state index is 12.3. The maximum atomic E-state index is 12.3. The number of amides is 2. The summed E-state index contributed by atoms with van der Waals surface area (Å²) >= 11 is 3.39. The van der Waals surface area contributed by atoms with Crippen molar-refractivity contribution in [1.29, 1.82) is 0 Å². The van der Waals surface area contributed by atoms with E-state index in [4.69, 9.17) is 4.74 Å². The molecule has 0 bridgehead atoms. The summed E-state index contributed by atoms with van der Waals surface area (Å²) in [6.07, 6.45) is 0.991. The lowest BCUT2D eigenvalue weighted by molar-refractivity contribution is -0.116. The molecule has 144 valence electrons. The maximum Gasteiger partial charge on any atom is 0.253 e. The number of nitrogens with one attached hydrogen (secondary N) is 1. The molecular weight excluding hydrogens is 408 g/mol. The normalized spacial score (nSPS) is 10.3. The summed E-state index contributed by atoms with van der Waals surface area (Å²) in [5, 5.41) is 2.85. The average molecular weight is 433 g/mol. The molecule has 0 spiro atoms. The predicted molar refractivity (Wildman–Crippen MR) is 111 cm³/mol. The summed E-state index contributed by atoms with van der Waals surface area (Å²) in [5.74, 6) is 0.705. The van der Waals surface area contributed by atoms with Crippen LogP contribution in [0.1, 0.15) is 37.0 Å². The minimum atomic E-state index is -0.0735. The first-order valence-electron chi connectivity index (χ1n) is 9.11. The molecule has 0 aromatic heterocycles. The van der Waals surface area contributed by atoms with Crippen molar-refractivity contribution in [1.82, 2.24) is 4.90 Å². The van der Waals surface area contributed by atoms with E-state index in [2.05, 4.69) is 21.2 Å². The van der Waals surface area contributed by atoms with Crippen LogP contribution in [0.3, 0.4) is 0 Å². The largest absolute Gasteiger partial charge is 0.494 e. The molecule has 0 unspecified atom stereocenters. The number of halogens is 1. The Morgan fingerprint density at radius 2 is 1.78 bits per heavy atom. The number of benzene rings is 2. The molecule has 0 atom stereocenters. The van der Waals surface area contributed by atoms with Gasteiger partial charge in [0.05, 0.1) is 6.61 Å². The molecule has 0 aliphatic rings. The lowest BCUT2D eigenvalue weighted by atomic mass is 10.1. The summed E-state index contributed by atoms with van der Waals surface area (Å²) in [6.45, 7) is 5.74. The fraction of sp³-hybridized carbons (Fsp3) is 0.333. The van der Waals surface area contributed by atoms with Crippen molar-refractivity contribution in [2.75, 3.05) is 25.0 Å². The number of carbonyl (C=O) groups is 2. The highest BCUT2D eigenvalue weighted by atomic mass is 79.9. The monoisotopic (exact) mass is 432 g/mol. The lowest BCUT2D eigenvalue weighted by Gasteiger charge is -2.18. The molecule has 2 aromatic carbocycles. The number of carbonyl (C=O) groups excluding carboxylic acids is 2. The molecule has 0 saturated heterocycles. The number of hydrogen-bond donors (Lipinski definition) is 1. The van der Waals surface area contributed by atoms with Crippen molar-refractivity contribution in [2.45, 2.75) is 26.7 Å². The van der Waals surface area contributed by atoms with Crippen LogP contribution in [0.4, 0.5) is 5.69 Å². The van der Waals surface area contributed by atoms with E-state index < -0.39 is 0 Å². The number of anilines is 1. The second-order valence-electron chi connectivity index (χ2n) is 6.01. The van der Waals surface area contributed by atoms with Crippen molar-refractivity contribution >= 4 is 33.4 Å². The summed E-state index contributed by atoms with van der Waals surface area (Å²) in [4.78, 5) is 26.1. The summed E-state index contributed by atoms with van der Waals surface area (Å²) in [7, 11) is 0. The van der Waals surface area contributed by atoms with Crippen molar-refractivity contribution in [3.05, 3.63) is 58.6 Å². The molecule has 5 nitrogen and oxygen atoms in total. The van der Waals surface area contributed by atoms with Gasteiger partial charge in [0, 0.05) is 35.2 Å². The molecule has 0 saturated carbocycles. The minimum absolute atomic E-state index is 0.00238. The third-order valence-electron chi connectivity index (χ3n) is 4.08. The highest BCUT2D eigenvalue weighted by molar-refractivity contribution is 9.10. The molecule has 1 N–H and O–H groups in total. The Hall–Kier alpha value is -2.34. The van der Waals surface area contributed by atoms with Crippen molar-refractivity contribution in [3.63, 3.8) is 0 Å². The Morgan fingerprint density at radius 1 is 1.07 bits per heavy atom. The molecule has 0 heterocycles. The van der Waals surface area contributed by atoms with Gasteiger partial charge in [-0.15, -0.1) is 0 Å². The van der Waals surface area contributed by atoms with Crippen LogP contribution in [0.5, 0.6) is 5.75 Å². The van der Waals surface area contributed by atoms with Gasteiger partial charge in [0.1, 0.15) is 5.75 Å². The summed E-state index contributed by atoms with van der Waals surface area (Å²) in [6, 6.07) is 14.6. The van der Waals surface area contributed by atoms with Crippen molar-refractivity contribution < 1.29 is 14.3 Å². The molecule has 0 aliphatic carbocycles. The molecule has 2 aromatic rings. The molecule has 27 heavy (non-hydrogen) atoms. The van der Waals surface area contributed by atoms with E-state index >= 15 is 0 Å². The van der Waals surface area contributed by atoms with Crippen molar-refractivity contribution in [3.8, 4) is 5.75 Å². The molecule has 0 fully saturated rings. The van der Waals surface area contributed by atoms with Crippen LogP contribution in [-0.4, -0.2) is 36.4 Å². The van der Waals surface area contributed by atoms with E-state index in [0.717, 1.165) is 10.2 Å². The van der Waals surface area contributed by atoms with Gasteiger partial charge in [-0.25, -0.2) is 0 Å². The second-order valence-corrected chi connectivity index (χ2v) is 6.93. The van der Waals surface area contributed by atoms with Crippen LogP contribution in [-0.2, 0) is 4.79 Å². The fourth-order valence-corrected chi connectivity index (χ4v) is 2.97. The first-order valence-corrected chi connectivity index (χ1v) is 9.90. The SMILES string of the molecule is CCN(CC)C(=O)c1ccc(NC(=O)CCCOc2cccc(Br)c2)cc1. The Kier molecular flexibility index (Phi) is 8.33. The van der Waals surface area contributed by atoms with Gasteiger partial charge >= 0.3 is 0 Å². The molecule has 6 heteroatoms. The van der Waals surface area contributed by atoms with Gasteiger partial charge in [-0.2, -0.15) is 0 Å². The first-order chi connectivity index (χ1) is 13.0. The first kappa shape index (κ1) is 21.0. The average Bonchev–Trinajstić information content (AvgIpc) is 2.67. The standard InChI is InChI=1S/C21H25BrN2O3/c1-3-24(4-2)21(26)16-10-12-18(13-11-16)23-20(25)9-6-14-27-19-8-5-7-17(22)15-19/h5,7-8,10-13,15H,3-4,6,9,14H2,1-2H3,(H,23,25). The van der Waals surface area contributed by atoms with Crippen LogP contribution < -0.4 is 10.1 Å². The minimum Gasteiger partial charge on any atom is -0.494 e. The van der Waals surface area contributed by atoms with Gasteiger partial charge in [-0.3, -0.25) is 9.59 Å². The molecule has 0 radical (unpaired) electrons.